The highest BCUT2D eigenvalue weighted by atomic mass is 32.2. The largest absolute Gasteiger partial charge is 0.435 e. The van der Waals surface area contributed by atoms with Gasteiger partial charge in [-0.1, -0.05) is 31.0 Å². The number of hydrogen-bond acceptors (Lipinski definition) is 6. The Morgan fingerprint density at radius 3 is 2.24 bits per heavy atom. The molecule has 2 aromatic rings. The number of alkyl halides is 2. The highest BCUT2D eigenvalue weighted by molar-refractivity contribution is 8.00. The van der Waals surface area contributed by atoms with Crippen molar-refractivity contribution in [2.75, 3.05) is 26.2 Å². The van der Waals surface area contributed by atoms with Crippen LogP contribution >= 0.6 is 11.8 Å². The molecule has 10 heteroatoms. The van der Waals surface area contributed by atoms with Crippen LogP contribution in [-0.4, -0.2) is 68.5 Å². The van der Waals surface area contributed by atoms with Crippen molar-refractivity contribution in [3.8, 4) is 11.4 Å². The lowest BCUT2D eigenvalue weighted by Crippen LogP contribution is -2.37. The van der Waals surface area contributed by atoms with Gasteiger partial charge in [0.05, 0.1) is 11.8 Å². The molecule has 0 N–H and O–H groups in total. The van der Waals surface area contributed by atoms with E-state index in [1.807, 2.05) is 16.4 Å². The van der Waals surface area contributed by atoms with Crippen LogP contribution in [0.1, 0.15) is 57.7 Å². The predicted molar refractivity (Wildman–Crippen MR) is 127 cm³/mol. The number of aromatic nitrogens is 3. The summed E-state index contributed by atoms with van der Waals surface area (Å²) in [6.45, 7) is 3.34. The summed E-state index contributed by atoms with van der Waals surface area (Å²) in [4.78, 5) is 17.5. The number of carbonyl (C=O) groups excluding carboxylic acids is 1. The molecular weight excluding hydrogens is 460 g/mol. The smallest absolute Gasteiger partial charge is 0.387 e. The first-order valence-corrected chi connectivity index (χ1v) is 13.1. The van der Waals surface area contributed by atoms with Crippen molar-refractivity contribution in [2.24, 2.45) is 0 Å². The van der Waals surface area contributed by atoms with Crippen LogP contribution in [0.5, 0.6) is 5.75 Å². The van der Waals surface area contributed by atoms with Crippen molar-refractivity contribution < 1.29 is 18.3 Å². The number of piperidine rings is 1. The van der Waals surface area contributed by atoms with Crippen LogP contribution in [0.4, 0.5) is 8.78 Å². The Bertz CT molecular complexity index is 926. The molecule has 0 spiro atoms. The van der Waals surface area contributed by atoms with Crippen molar-refractivity contribution in [1.82, 2.24) is 24.6 Å². The van der Waals surface area contributed by atoms with E-state index in [0.29, 0.717) is 11.7 Å². The molecule has 2 fully saturated rings. The third-order valence-electron chi connectivity index (χ3n) is 6.38. The quantitative estimate of drug-likeness (QED) is 0.495. The molecule has 1 aromatic heterocycles. The number of halogens is 2. The molecule has 0 aliphatic carbocycles. The molecule has 4 rings (SSSR count). The Balaban J connectivity index is 1.56. The van der Waals surface area contributed by atoms with E-state index in [9.17, 15) is 13.6 Å². The van der Waals surface area contributed by atoms with Crippen molar-refractivity contribution >= 4 is 17.7 Å². The first-order chi connectivity index (χ1) is 16.5. The number of amides is 1. The number of carbonyl (C=O) groups is 1. The van der Waals surface area contributed by atoms with Crippen molar-refractivity contribution in [3.05, 3.63) is 30.1 Å². The van der Waals surface area contributed by atoms with Gasteiger partial charge in [-0.25, -0.2) is 0 Å². The number of likely N-dealkylation sites (tertiary alicyclic amines) is 2. The average Bonchev–Trinajstić information content (AvgIpc) is 3.03. The summed E-state index contributed by atoms with van der Waals surface area (Å²) >= 11 is 1.40. The molecule has 0 saturated carbocycles. The number of ether oxygens (including phenoxy) is 1. The van der Waals surface area contributed by atoms with Gasteiger partial charge < -0.3 is 9.64 Å². The van der Waals surface area contributed by atoms with Gasteiger partial charge in [0.25, 0.3) is 0 Å². The van der Waals surface area contributed by atoms with Crippen molar-refractivity contribution in [2.45, 2.75) is 75.4 Å². The molecule has 3 heterocycles. The van der Waals surface area contributed by atoms with Gasteiger partial charge in [-0.15, -0.1) is 10.2 Å². The lowest BCUT2D eigenvalue weighted by molar-refractivity contribution is -0.130. The zero-order valence-corrected chi connectivity index (χ0v) is 20.5. The highest BCUT2D eigenvalue weighted by Crippen LogP contribution is 2.29. The number of nitrogens with zero attached hydrogens (tertiary/aromatic N) is 5. The number of thioether (sulfide) groups is 1. The standard InChI is InChI=1S/C24H33F2N5O2S/c1-18(22(32)30-15-7-2-3-8-16-30)34-24-28-27-21(17-29-13-5-4-6-14-29)31(24)19-9-11-20(12-10-19)33-23(25)26/h9-12,18,23H,2-8,13-17H2,1H3. The van der Waals surface area contributed by atoms with E-state index in [1.54, 1.807) is 12.1 Å². The summed E-state index contributed by atoms with van der Waals surface area (Å²) in [7, 11) is 0. The van der Waals surface area contributed by atoms with Gasteiger partial charge in [0.2, 0.25) is 5.91 Å². The normalized spacial score (nSPS) is 18.6. The summed E-state index contributed by atoms with van der Waals surface area (Å²) < 4.78 is 31.6. The molecule has 2 aliphatic heterocycles. The van der Waals surface area contributed by atoms with Crippen LogP contribution in [0.15, 0.2) is 29.4 Å². The molecular formula is C24H33F2N5O2S. The van der Waals surface area contributed by atoms with E-state index in [2.05, 4.69) is 19.8 Å². The molecule has 1 amide bonds. The molecule has 1 atom stereocenters. The molecule has 0 bridgehead atoms. The second kappa shape index (κ2) is 12.0. The molecule has 1 unspecified atom stereocenters. The van der Waals surface area contributed by atoms with Gasteiger partial charge in [-0.2, -0.15) is 8.78 Å². The third kappa shape index (κ3) is 6.47. The van der Waals surface area contributed by atoms with Gasteiger partial charge in [-0.3, -0.25) is 14.3 Å². The van der Waals surface area contributed by atoms with Crippen LogP contribution in [0.25, 0.3) is 5.69 Å². The lowest BCUT2D eigenvalue weighted by atomic mass is 10.1. The van der Waals surface area contributed by atoms with Crippen molar-refractivity contribution in [1.29, 1.82) is 0 Å². The van der Waals surface area contributed by atoms with Crippen LogP contribution in [-0.2, 0) is 11.3 Å². The monoisotopic (exact) mass is 493 g/mol. The number of hydrogen-bond donors (Lipinski definition) is 0. The average molecular weight is 494 g/mol. The Morgan fingerprint density at radius 2 is 1.59 bits per heavy atom. The minimum absolute atomic E-state index is 0.100. The number of rotatable bonds is 8. The van der Waals surface area contributed by atoms with E-state index < -0.39 is 6.61 Å². The maximum Gasteiger partial charge on any atom is 0.387 e. The maximum absolute atomic E-state index is 13.1. The lowest BCUT2D eigenvalue weighted by Gasteiger charge is -2.26. The van der Waals surface area contributed by atoms with Crippen LogP contribution in [0.2, 0.25) is 0 Å². The van der Waals surface area contributed by atoms with Gasteiger partial charge in [-0.05, 0) is 70.0 Å². The zero-order valence-electron chi connectivity index (χ0n) is 19.7. The number of benzene rings is 1. The van der Waals surface area contributed by atoms with Gasteiger partial charge in [0, 0.05) is 18.8 Å². The van der Waals surface area contributed by atoms with E-state index in [1.165, 1.54) is 43.2 Å². The van der Waals surface area contributed by atoms with Crippen LogP contribution in [0.3, 0.4) is 0 Å². The SMILES string of the molecule is CC(Sc1nnc(CN2CCCCC2)n1-c1ccc(OC(F)F)cc1)C(=O)N1CCCCCC1. The van der Waals surface area contributed by atoms with E-state index in [0.717, 1.165) is 63.4 Å². The second-order valence-electron chi connectivity index (χ2n) is 8.94. The maximum atomic E-state index is 13.1. The summed E-state index contributed by atoms with van der Waals surface area (Å²) in [5, 5.41) is 9.24. The fraction of sp³-hybridized carbons (Fsp3) is 0.625. The highest BCUT2D eigenvalue weighted by Gasteiger charge is 2.26. The molecule has 0 radical (unpaired) electrons. The fourth-order valence-electron chi connectivity index (χ4n) is 4.59. The second-order valence-corrected chi connectivity index (χ2v) is 10.3. The van der Waals surface area contributed by atoms with Crippen LogP contribution < -0.4 is 4.74 Å². The van der Waals surface area contributed by atoms with Crippen LogP contribution in [0, 0.1) is 0 Å². The fourth-order valence-corrected chi connectivity index (χ4v) is 5.56. The summed E-state index contributed by atoms with van der Waals surface area (Å²) in [6, 6.07) is 6.50. The first kappa shape index (κ1) is 24.9. The Labute approximate surface area is 203 Å². The van der Waals surface area contributed by atoms with E-state index >= 15 is 0 Å². The molecule has 2 saturated heterocycles. The topological polar surface area (TPSA) is 63.5 Å². The molecule has 34 heavy (non-hydrogen) atoms. The van der Waals surface area contributed by atoms with Gasteiger partial charge in [0.1, 0.15) is 5.75 Å². The summed E-state index contributed by atoms with van der Waals surface area (Å²) in [6.07, 6.45) is 8.01. The minimum Gasteiger partial charge on any atom is -0.435 e. The van der Waals surface area contributed by atoms with E-state index in [-0.39, 0.29) is 16.9 Å². The molecule has 186 valence electrons. The van der Waals surface area contributed by atoms with Gasteiger partial charge >= 0.3 is 6.61 Å². The Hall–Kier alpha value is -2.20. The first-order valence-electron chi connectivity index (χ1n) is 12.2. The summed E-state index contributed by atoms with van der Waals surface area (Å²) in [5.74, 6) is 1.00. The minimum atomic E-state index is -2.87. The Kier molecular flexibility index (Phi) is 8.77. The predicted octanol–water partition coefficient (Wildman–Crippen LogP) is 4.74. The molecule has 2 aliphatic rings. The third-order valence-corrected chi connectivity index (χ3v) is 7.41. The Morgan fingerprint density at radius 1 is 0.971 bits per heavy atom. The van der Waals surface area contributed by atoms with Crippen molar-refractivity contribution in [3.63, 3.8) is 0 Å². The van der Waals surface area contributed by atoms with Gasteiger partial charge in [0.15, 0.2) is 11.0 Å². The summed E-state index contributed by atoms with van der Waals surface area (Å²) in [5.41, 5.74) is 0.760. The zero-order chi connectivity index (χ0) is 23.9. The van der Waals surface area contributed by atoms with E-state index in [4.69, 9.17) is 0 Å². The molecule has 1 aromatic carbocycles. The molecule has 7 nitrogen and oxygen atoms in total.